The first kappa shape index (κ1) is 12.9. The van der Waals surface area contributed by atoms with Crippen molar-refractivity contribution in [2.45, 2.75) is 48.9 Å². The van der Waals surface area contributed by atoms with Crippen LogP contribution in [0.1, 0.15) is 48.3 Å². The molecule has 1 aliphatic carbocycles. The lowest BCUT2D eigenvalue weighted by molar-refractivity contribution is 0.401. The standard InChI is InChI=1S/C16H22S2/c1-2-12-7-9-13(10-8-12)16-17-11-14-5-3-4-6-15(14)18-16/h7-10,14-16H,2-6,11H2,1H3/t14-,15+,16-/m1/s1. The van der Waals surface area contributed by atoms with Crippen LogP contribution in [0.4, 0.5) is 0 Å². The van der Waals surface area contributed by atoms with E-state index in [1.165, 1.54) is 42.6 Å². The molecule has 0 bridgehead atoms. The SMILES string of the molecule is CCc1ccc([C@@H]2SC[C@H]3CCCC[C@@H]3S2)cc1. The summed E-state index contributed by atoms with van der Waals surface area (Å²) in [6, 6.07) is 9.33. The summed E-state index contributed by atoms with van der Waals surface area (Å²) in [5, 5.41) is 0.941. The second kappa shape index (κ2) is 5.92. The van der Waals surface area contributed by atoms with Gasteiger partial charge in [0.25, 0.3) is 0 Å². The van der Waals surface area contributed by atoms with Gasteiger partial charge in [-0.05, 0) is 42.1 Å². The summed E-state index contributed by atoms with van der Waals surface area (Å²) < 4.78 is 0.690. The third-order valence-corrected chi connectivity index (χ3v) is 7.69. The molecule has 1 heterocycles. The molecule has 2 aliphatic rings. The van der Waals surface area contributed by atoms with E-state index in [1.807, 2.05) is 0 Å². The molecule has 18 heavy (non-hydrogen) atoms. The highest BCUT2D eigenvalue weighted by Gasteiger charge is 2.33. The smallest absolute Gasteiger partial charge is 0.0754 e. The molecule has 3 atom stereocenters. The Kier molecular flexibility index (Phi) is 4.25. The van der Waals surface area contributed by atoms with Crippen LogP contribution in [-0.2, 0) is 6.42 Å². The lowest BCUT2D eigenvalue weighted by atomic mass is 9.90. The predicted molar refractivity (Wildman–Crippen MR) is 84.4 cm³/mol. The zero-order valence-electron chi connectivity index (χ0n) is 11.1. The van der Waals surface area contributed by atoms with Crippen molar-refractivity contribution >= 4 is 23.5 Å². The molecular formula is C16H22S2. The van der Waals surface area contributed by atoms with Crippen LogP contribution in [0.15, 0.2) is 24.3 Å². The Morgan fingerprint density at radius 2 is 1.89 bits per heavy atom. The molecule has 0 amide bonds. The van der Waals surface area contributed by atoms with Gasteiger partial charge in [-0.1, -0.05) is 44.0 Å². The van der Waals surface area contributed by atoms with Gasteiger partial charge < -0.3 is 0 Å². The fourth-order valence-corrected chi connectivity index (χ4v) is 6.70. The molecule has 1 aromatic carbocycles. The van der Waals surface area contributed by atoms with E-state index in [-0.39, 0.29) is 0 Å². The van der Waals surface area contributed by atoms with Crippen molar-refractivity contribution in [3.8, 4) is 0 Å². The minimum atomic E-state index is 0.690. The average molecular weight is 278 g/mol. The fourth-order valence-electron chi connectivity index (χ4n) is 3.04. The number of hydrogen-bond acceptors (Lipinski definition) is 2. The number of aryl methyl sites for hydroxylation is 1. The summed E-state index contributed by atoms with van der Waals surface area (Å²) in [5.41, 5.74) is 2.99. The monoisotopic (exact) mass is 278 g/mol. The molecule has 1 aliphatic heterocycles. The Labute approximate surface area is 119 Å². The minimum Gasteiger partial charge on any atom is -0.142 e. The molecule has 2 fully saturated rings. The zero-order chi connectivity index (χ0) is 12.4. The van der Waals surface area contributed by atoms with E-state index in [9.17, 15) is 0 Å². The first-order valence-corrected chi connectivity index (χ1v) is 9.22. The van der Waals surface area contributed by atoms with Crippen LogP contribution in [0.5, 0.6) is 0 Å². The molecule has 0 radical (unpaired) electrons. The van der Waals surface area contributed by atoms with Crippen LogP contribution in [0.25, 0.3) is 0 Å². The molecule has 0 nitrogen and oxygen atoms in total. The van der Waals surface area contributed by atoms with Gasteiger partial charge in [0.15, 0.2) is 0 Å². The maximum absolute atomic E-state index is 2.35. The van der Waals surface area contributed by atoms with E-state index in [0.717, 1.165) is 17.6 Å². The largest absolute Gasteiger partial charge is 0.142 e. The number of rotatable bonds is 2. The van der Waals surface area contributed by atoms with E-state index in [4.69, 9.17) is 0 Å². The number of hydrogen-bond donors (Lipinski definition) is 0. The number of fused-ring (bicyclic) bond motifs is 1. The van der Waals surface area contributed by atoms with Crippen molar-refractivity contribution in [1.82, 2.24) is 0 Å². The van der Waals surface area contributed by atoms with E-state index in [1.54, 1.807) is 0 Å². The lowest BCUT2D eigenvalue weighted by Gasteiger charge is -2.38. The lowest BCUT2D eigenvalue weighted by Crippen LogP contribution is -2.28. The van der Waals surface area contributed by atoms with Gasteiger partial charge in [0, 0.05) is 5.25 Å². The van der Waals surface area contributed by atoms with Crippen LogP contribution >= 0.6 is 23.5 Å². The first-order valence-electron chi connectivity index (χ1n) is 7.22. The molecule has 2 heteroatoms. The topological polar surface area (TPSA) is 0 Å². The minimum absolute atomic E-state index is 0.690. The molecule has 1 saturated heterocycles. The van der Waals surface area contributed by atoms with Crippen LogP contribution < -0.4 is 0 Å². The Hall–Kier alpha value is -0.0800. The fraction of sp³-hybridized carbons (Fsp3) is 0.625. The predicted octanol–water partition coefficient (Wildman–Crippen LogP) is 5.29. The summed E-state index contributed by atoms with van der Waals surface area (Å²) in [7, 11) is 0. The molecule has 3 rings (SSSR count). The van der Waals surface area contributed by atoms with E-state index < -0.39 is 0 Å². The molecule has 1 aromatic rings. The maximum Gasteiger partial charge on any atom is 0.0754 e. The Morgan fingerprint density at radius 3 is 2.67 bits per heavy atom. The van der Waals surface area contributed by atoms with Gasteiger partial charge in [-0.15, -0.1) is 23.5 Å². The van der Waals surface area contributed by atoms with Gasteiger partial charge in [-0.3, -0.25) is 0 Å². The van der Waals surface area contributed by atoms with Crippen molar-refractivity contribution in [2.75, 3.05) is 5.75 Å². The van der Waals surface area contributed by atoms with E-state index in [0.29, 0.717) is 4.58 Å². The van der Waals surface area contributed by atoms with Crippen molar-refractivity contribution < 1.29 is 0 Å². The Bertz CT molecular complexity index is 385. The molecule has 0 spiro atoms. The van der Waals surface area contributed by atoms with Crippen LogP contribution in [0, 0.1) is 5.92 Å². The Balaban J connectivity index is 1.69. The Morgan fingerprint density at radius 1 is 1.11 bits per heavy atom. The highest BCUT2D eigenvalue weighted by Crippen LogP contribution is 2.52. The van der Waals surface area contributed by atoms with Crippen molar-refractivity contribution in [2.24, 2.45) is 5.92 Å². The molecule has 0 unspecified atom stereocenters. The van der Waals surface area contributed by atoms with Gasteiger partial charge in [-0.2, -0.15) is 0 Å². The van der Waals surface area contributed by atoms with Gasteiger partial charge in [0.05, 0.1) is 4.58 Å². The highest BCUT2D eigenvalue weighted by atomic mass is 32.2. The summed E-state index contributed by atoms with van der Waals surface area (Å²) in [4.78, 5) is 0. The maximum atomic E-state index is 2.35. The molecular weight excluding hydrogens is 256 g/mol. The molecule has 1 saturated carbocycles. The molecule has 0 aromatic heterocycles. The second-order valence-electron chi connectivity index (χ2n) is 5.48. The molecule has 98 valence electrons. The van der Waals surface area contributed by atoms with Crippen LogP contribution in [-0.4, -0.2) is 11.0 Å². The normalized spacial score (nSPS) is 31.9. The number of thioether (sulfide) groups is 2. The summed E-state index contributed by atoms with van der Waals surface area (Å²) in [6.45, 7) is 2.23. The summed E-state index contributed by atoms with van der Waals surface area (Å²) >= 11 is 4.42. The van der Waals surface area contributed by atoms with Crippen molar-refractivity contribution in [3.63, 3.8) is 0 Å². The van der Waals surface area contributed by atoms with Crippen LogP contribution in [0.2, 0.25) is 0 Å². The quantitative estimate of drug-likeness (QED) is 0.721. The molecule has 0 N–H and O–H groups in total. The van der Waals surface area contributed by atoms with Crippen molar-refractivity contribution in [3.05, 3.63) is 35.4 Å². The highest BCUT2D eigenvalue weighted by molar-refractivity contribution is 8.17. The van der Waals surface area contributed by atoms with Gasteiger partial charge in [0.1, 0.15) is 0 Å². The summed E-state index contributed by atoms with van der Waals surface area (Å²) in [6.07, 6.45) is 7.01. The zero-order valence-corrected chi connectivity index (χ0v) is 12.7. The second-order valence-corrected chi connectivity index (χ2v) is 8.27. The van der Waals surface area contributed by atoms with Gasteiger partial charge >= 0.3 is 0 Å². The van der Waals surface area contributed by atoms with Crippen molar-refractivity contribution in [1.29, 1.82) is 0 Å². The average Bonchev–Trinajstić information content (AvgIpc) is 2.47. The van der Waals surface area contributed by atoms with Gasteiger partial charge in [-0.25, -0.2) is 0 Å². The third kappa shape index (κ3) is 2.75. The first-order chi connectivity index (χ1) is 8.86. The number of benzene rings is 1. The third-order valence-electron chi connectivity index (χ3n) is 4.26. The van der Waals surface area contributed by atoms with E-state index in [2.05, 4.69) is 54.7 Å². The van der Waals surface area contributed by atoms with E-state index >= 15 is 0 Å². The van der Waals surface area contributed by atoms with Crippen LogP contribution in [0.3, 0.4) is 0 Å². The summed E-state index contributed by atoms with van der Waals surface area (Å²) in [5.74, 6) is 2.39. The van der Waals surface area contributed by atoms with Gasteiger partial charge in [0.2, 0.25) is 0 Å².